The van der Waals surface area contributed by atoms with Crippen LogP contribution in [0, 0.1) is 0 Å². The van der Waals surface area contributed by atoms with Crippen LogP contribution in [0.15, 0.2) is 106 Å². The van der Waals surface area contributed by atoms with E-state index in [0.717, 1.165) is 24.3 Å². The molecular formula is C39H32O15. The Morgan fingerprint density at radius 3 is 1.85 bits per heavy atom. The molecule has 1 aliphatic heterocycles. The standard InChI is InChI=1S/C39H32O15/c40-23-9-1-20(2-10-23)5-15-30(45)50-19-29-33(47)35(49)38(53-31(46)16-6-21-3-11-24(41)12-4-21)39(52-29)54-37-34(48)32-27(44)17-26(43)18-28(32)51-36(37)22-7-13-25(42)14-8-22/h1-18,29,33,35,38-44,47,49H,19H2/b15-5+,16-6+/t29-,33+,35+,38-,39+/m1/s1. The molecule has 1 fully saturated rings. The van der Waals surface area contributed by atoms with Gasteiger partial charge in [0.15, 0.2) is 11.9 Å². The van der Waals surface area contributed by atoms with Crippen LogP contribution in [0.5, 0.6) is 34.5 Å². The van der Waals surface area contributed by atoms with Crippen LogP contribution in [-0.4, -0.2) is 85.0 Å². The molecule has 278 valence electrons. The van der Waals surface area contributed by atoms with E-state index in [1.807, 2.05) is 0 Å². The van der Waals surface area contributed by atoms with Gasteiger partial charge in [0.2, 0.25) is 17.5 Å². The van der Waals surface area contributed by atoms with Crippen LogP contribution < -0.4 is 10.2 Å². The van der Waals surface area contributed by atoms with Crippen molar-refractivity contribution in [3.05, 3.63) is 118 Å². The summed E-state index contributed by atoms with van der Waals surface area (Å²) in [4.78, 5) is 39.6. The molecule has 1 saturated heterocycles. The lowest BCUT2D eigenvalue weighted by molar-refractivity contribution is -0.282. The number of rotatable bonds is 10. The van der Waals surface area contributed by atoms with E-state index in [-0.39, 0.29) is 34.2 Å². The Bertz CT molecular complexity index is 2260. The van der Waals surface area contributed by atoms with Gasteiger partial charge in [-0.1, -0.05) is 24.3 Å². The number of phenolic OH excluding ortho intramolecular Hbond substituents is 5. The van der Waals surface area contributed by atoms with E-state index in [1.165, 1.54) is 72.8 Å². The van der Waals surface area contributed by atoms with Crippen molar-refractivity contribution in [2.45, 2.75) is 30.7 Å². The third-order valence-electron chi connectivity index (χ3n) is 8.18. The Labute approximate surface area is 305 Å². The minimum Gasteiger partial charge on any atom is -0.508 e. The number of aliphatic hydroxyl groups is 2. The molecule has 0 unspecified atom stereocenters. The molecule has 15 heteroatoms. The number of esters is 2. The number of carbonyl (C=O) groups is 2. The van der Waals surface area contributed by atoms with Gasteiger partial charge in [0.1, 0.15) is 64.6 Å². The van der Waals surface area contributed by atoms with E-state index >= 15 is 0 Å². The van der Waals surface area contributed by atoms with Gasteiger partial charge in [0.25, 0.3) is 0 Å². The van der Waals surface area contributed by atoms with Crippen LogP contribution in [0.25, 0.3) is 34.4 Å². The largest absolute Gasteiger partial charge is 0.508 e. The molecule has 1 aromatic heterocycles. The average molecular weight is 741 g/mol. The fourth-order valence-corrected chi connectivity index (χ4v) is 5.44. The molecule has 2 heterocycles. The van der Waals surface area contributed by atoms with Crippen LogP contribution in [0.1, 0.15) is 11.1 Å². The lowest BCUT2D eigenvalue weighted by Crippen LogP contribution is -2.61. The Kier molecular flexibility index (Phi) is 10.8. The summed E-state index contributed by atoms with van der Waals surface area (Å²) in [6.45, 7) is -0.657. The zero-order valence-electron chi connectivity index (χ0n) is 27.9. The third kappa shape index (κ3) is 8.45. The second kappa shape index (κ2) is 15.8. The number of ether oxygens (including phenoxy) is 4. The first-order valence-electron chi connectivity index (χ1n) is 16.2. The topological polar surface area (TPSA) is 243 Å². The van der Waals surface area contributed by atoms with E-state index in [4.69, 9.17) is 23.4 Å². The summed E-state index contributed by atoms with van der Waals surface area (Å²) in [5, 5.41) is 71.5. The van der Waals surface area contributed by atoms with E-state index in [0.29, 0.717) is 11.1 Å². The van der Waals surface area contributed by atoms with Crippen LogP contribution in [0.3, 0.4) is 0 Å². The second-order valence-corrected chi connectivity index (χ2v) is 12.0. The van der Waals surface area contributed by atoms with Crippen molar-refractivity contribution in [2.24, 2.45) is 0 Å². The smallest absolute Gasteiger partial charge is 0.331 e. The lowest BCUT2D eigenvalue weighted by atomic mass is 9.99. The highest BCUT2D eigenvalue weighted by Gasteiger charge is 2.49. The van der Waals surface area contributed by atoms with Crippen molar-refractivity contribution < 1.29 is 68.7 Å². The van der Waals surface area contributed by atoms with Crippen molar-refractivity contribution in [1.29, 1.82) is 0 Å². The molecule has 0 radical (unpaired) electrons. The summed E-state index contributed by atoms with van der Waals surface area (Å²) in [5.74, 6) is -4.04. The number of hydrogen-bond acceptors (Lipinski definition) is 15. The highest BCUT2D eigenvalue weighted by atomic mass is 16.7. The molecule has 5 atom stereocenters. The third-order valence-corrected chi connectivity index (χ3v) is 8.18. The normalized spacial score (nSPS) is 19.9. The van der Waals surface area contributed by atoms with Crippen LogP contribution in [0.2, 0.25) is 0 Å². The minimum absolute atomic E-state index is 0.00487. The molecule has 1 aliphatic rings. The summed E-state index contributed by atoms with van der Waals surface area (Å²) in [6, 6.07) is 19.0. The quantitative estimate of drug-likeness (QED) is 0.0798. The maximum atomic E-state index is 14.0. The fraction of sp³-hybridized carbons (Fsp3) is 0.154. The van der Waals surface area contributed by atoms with Crippen molar-refractivity contribution >= 4 is 35.1 Å². The van der Waals surface area contributed by atoms with E-state index < -0.39 is 77.3 Å². The van der Waals surface area contributed by atoms with Gasteiger partial charge in [-0.3, -0.25) is 4.79 Å². The minimum atomic E-state index is -1.96. The van der Waals surface area contributed by atoms with E-state index in [9.17, 15) is 50.1 Å². The van der Waals surface area contributed by atoms with Crippen LogP contribution in [-0.2, 0) is 23.8 Å². The number of hydrogen-bond donors (Lipinski definition) is 7. The number of aromatic hydroxyl groups is 5. The zero-order chi connectivity index (χ0) is 38.5. The van der Waals surface area contributed by atoms with Gasteiger partial charge in [-0.2, -0.15) is 0 Å². The molecule has 5 aromatic rings. The maximum Gasteiger partial charge on any atom is 0.331 e. The van der Waals surface area contributed by atoms with Crippen molar-refractivity contribution in [2.75, 3.05) is 6.61 Å². The summed E-state index contributed by atoms with van der Waals surface area (Å²) in [7, 11) is 0. The van der Waals surface area contributed by atoms with Crippen LogP contribution >= 0.6 is 0 Å². The number of aliphatic hydroxyl groups excluding tert-OH is 2. The molecule has 7 N–H and O–H groups in total. The van der Waals surface area contributed by atoms with Crippen LogP contribution in [0.4, 0.5) is 0 Å². The van der Waals surface area contributed by atoms with Gasteiger partial charge in [-0.25, -0.2) is 9.59 Å². The number of fused-ring (bicyclic) bond motifs is 1. The molecule has 15 nitrogen and oxygen atoms in total. The highest BCUT2D eigenvalue weighted by Crippen LogP contribution is 2.38. The molecule has 0 amide bonds. The molecule has 4 aromatic carbocycles. The lowest BCUT2D eigenvalue weighted by Gasteiger charge is -2.41. The van der Waals surface area contributed by atoms with Gasteiger partial charge in [0.05, 0.1) is 0 Å². The molecule has 6 rings (SSSR count). The molecule has 0 bridgehead atoms. The highest BCUT2D eigenvalue weighted by molar-refractivity contribution is 5.89. The molecule has 54 heavy (non-hydrogen) atoms. The molecular weight excluding hydrogens is 708 g/mol. The Balaban J connectivity index is 1.33. The van der Waals surface area contributed by atoms with Gasteiger partial charge < -0.3 is 59.1 Å². The predicted octanol–water partition coefficient (Wildman–Crippen LogP) is 3.70. The van der Waals surface area contributed by atoms with Gasteiger partial charge in [-0.15, -0.1) is 0 Å². The summed E-state index contributed by atoms with van der Waals surface area (Å²) >= 11 is 0. The Morgan fingerprint density at radius 2 is 1.26 bits per heavy atom. The summed E-state index contributed by atoms with van der Waals surface area (Å²) < 4.78 is 28.6. The first kappa shape index (κ1) is 37.0. The zero-order valence-corrected chi connectivity index (χ0v) is 27.9. The molecule has 0 spiro atoms. The SMILES string of the molecule is O=C(/C=C/c1ccc(O)cc1)OC[C@H]1O[C@@H](Oc2c(-c3ccc(O)cc3)oc3cc(O)cc(O)c3c2=O)[C@H](OC(=O)/C=C/c2ccc(O)cc2)[C@@H](O)[C@H]1O. The number of phenols is 5. The van der Waals surface area contributed by atoms with E-state index in [1.54, 1.807) is 12.1 Å². The molecule has 0 saturated carbocycles. The Hall–Kier alpha value is -6.81. The van der Waals surface area contributed by atoms with Crippen molar-refractivity contribution in [3.8, 4) is 45.8 Å². The number of carbonyl (C=O) groups excluding carboxylic acids is 2. The number of benzene rings is 4. The second-order valence-electron chi connectivity index (χ2n) is 12.0. The average Bonchev–Trinajstić information content (AvgIpc) is 3.14. The summed E-state index contributed by atoms with van der Waals surface area (Å²) in [6.07, 6.45) is -4.24. The monoisotopic (exact) mass is 740 g/mol. The van der Waals surface area contributed by atoms with E-state index in [2.05, 4.69) is 0 Å². The Morgan fingerprint density at radius 1 is 0.704 bits per heavy atom. The predicted molar refractivity (Wildman–Crippen MR) is 189 cm³/mol. The first-order valence-corrected chi connectivity index (χ1v) is 16.2. The van der Waals surface area contributed by atoms with Crippen molar-refractivity contribution in [1.82, 2.24) is 0 Å². The molecule has 0 aliphatic carbocycles. The van der Waals surface area contributed by atoms with Gasteiger partial charge in [0, 0.05) is 29.8 Å². The van der Waals surface area contributed by atoms with Gasteiger partial charge in [-0.05, 0) is 71.8 Å². The maximum absolute atomic E-state index is 14.0. The fourth-order valence-electron chi connectivity index (χ4n) is 5.44. The first-order chi connectivity index (χ1) is 25.9. The summed E-state index contributed by atoms with van der Waals surface area (Å²) in [5.41, 5.74) is -0.0115. The van der Waals surface area contributed by atoms with Gasteiger partial charge >= 0.3 is 11.9 Å². The van der Waals surface area contributed by atoms with Crippen molar-refractivity contribution in [3.63, 3.8) is 0 Å².